The van der Waals surface area contributed by atoms with Crippen molar-refractivity contribution < 1.29 is 0 Å². The number of aromatic nitrogens is 3. The third-order valence-corrected chi connectivity index (χ3v) is 10.8. The molecule has 0 atom stereocenters. The minimum Gasteiger partial charge on any atom is -0.308 e. The molecule has 2 aliphatic rings. The van der Waals surface area contributed by atoms with E-state index >= 15 is 0 Å². The fourth-order valence-electron chi connectivity index (χ4n) is 9.01. The minimum atomic E-state index is 1.03. The number of nitrogens with zero attached hydrogens (tertiary/aromatic N) is 3. The average Bonchev–Trinajstić information content (AvgIpc) is 3.76. The normalized spacial score (nSPS) is 12.6. The van der Waals surface area contributed by atoms with Crippen molar-refractivity contribution in [3.63, 3.8) is 0 Å². The molecule has 48 heavy (non-hydrogen) atoms. The molecule has 10 aromatic rings. The van der Waals surface area contributed by atoms with Gasteiger partial charge in [0.05, 0.1) is 39.1 Å². The lowest BCUT2D eigenvalue weighted by Crippen LogP contribution is -1.97. The summed E-state index contributed by atoms with van der Waals surface area (Å²) in [5.74, 6) is 0. The molecule has 4 heterocycles. The quantitative estimate of drug-likeness (QED) is 0.182. The van der Waals surface area contributed by atoms with Gasteiger partial charge < -0.3 is 9.13 Å². The minimum absolute atomic E-state index is 1.03. The number of fused-ring (bicyclic) bond motifs is 15. The standard InChI is InChI=1S/C45H25N3/c1-2-12-27-26(11-1)30-16-9-17-33-40(23-22-31(27)41(30)33)48-38-20-7-4-14-29(38)35-25-36-43-32(18-10-24-46-43)28-13-3-6-19-37(28)47-39-21-8-5-15-34(39)42(44(35)48)45(36)47/h1-25H. The fourth-order valence-corrected chi connectivity index (χ4v) is 9.01. The summed E-state index contributed by atoms with van der Waals surface area (Å²) in [4.78, 5) is 5.09. The first kappa shape index (κ1) is 24.7. The van der Waals surface area contributed by atoms with E-state index in [1.54, 1.807) is 0 Å². The highest BCUT2D eigenvalue weighted by atomic mass is 15.0. The van der Waals surface area contributed by atoms with Crippen LogP contribution in [0.3, 0.4) is 0 Å². The van der Waals surface area contributed by atoms with E-state index in [0.717, 1.165) is 11.3 Å². The van der Waals surface area contributed by atoms with Crippen LogP contribution in [-0.4, -0.2) is 14.1 Å². The van der Waals surface area contributed by atoms with Crippen molar-refractivity contribution in [2.75, 3.05) is 0 Å². The Morgan fingerprint density at radius 3 is 1.83 bits per heavy atom. The second-order valence-electron chi connectivity index (χ2n) is 13.1. The second kappa shape index (κ2) is 8.67. The molecular formula is C45H25N3. The first-order valence-corrected chi connectivity index (χ1v) is 16.6. The Kier molecular flexibility index (Phi) is 4.47. The molecule has 0 bridgehead atoms. The van der Waals surface area contributed by atoms with Gasteiger partial charge in [-0.15, -0.1) is 0 Å². The summed E-state index contributed by atoms with van der Waals surface area (Å²) in [6.07, 6.45) is 1.93. The van der Waals surface area contributed by atoms with Gasteiger partial charge in [0.2, 0.25) is 0 Å². The largest absolute Gasteiger partial charge is 0.308 e. The zero-order chi connectivity index (χ0) is 31.1. The lowest BCUT2D eigenvalue weighted by Gasteiger charge is -2.15. The van der Waals surface area contributed by atoms with Crippen molar-refractivity contribution >= 4 is 54.4 Å². The van der Waals surface area contributed by atoms with E-state index < -0.39 is 0 Å². The molecule has 0 fully saturated rings. The molecule has 12 rings (SSSR count). The molecule has 7 aromatic carbocycles. The number of hydrogen-bond acceptors (Lipinski definition) is 1. The van der Waals surface area contributed by atoms with Gasteiger partial charge in [-0.25, -0.2) is 0 Å². The van der Waals surface area contributed by atoms with Gasteiger partial charge >= 0.3 is 0 Å². The molecule has 3 aromatic heterocycles. The molecule has 0 unspecified atom stereocenters. The fraction of sp³-hybridized carbons (Fsp3) is 0. The number of para-hydroxylation sites is 3. The van der Waals surface area contributed by atoms with Crippen LogP contribution in [0.2, 0.25) is 0 Å². The van der Waals surface area contributed by atoms with Gasteiger partial charge in [-0.05, 0) is 64.0 Å². The van der Waals surface area contributed by atoms with E-state index in [1.807, 2.05) is 6.20 Å². The SMILES string of the molecule is c1ccc2c(c1)-c1cccc3c(-n4c5ccccc5c5cc6c7c(c8ccccc8n7-c7ccccc7-c7cccnc7-6)c54)ccc-2c13. The van der Waals surface area contributed by atoms with Crippen molar-refractivity contribution in [3.8, 4) is 56.0 Å². The van der Waals surface area contributed by atoms with Crippen LogP contribution in [0.4, 0.5) is 0 Å². The van der Waals surface area contributed by atoms with Gasteiger partial charge in [0.25, 0.3) is 0 Å². The molecular weight excluding hydrogens is 583 g/mol. The van der Waals surface area contributed by atoms with Crippen molar-refractivity contribution in [2.45, 2.75) is 0 Å². The monoisotopic (exact) mass is 607 g/mol. The molecule has 0 radical (unpaired) electrons. The summed E-state index contributed by atoms with van der Waals surface area (Å²) in [6, 6.07) is 53.6. The van der Waals surface area contributed by atoms with Crippen LogP contribution in [0, 0.1) is 0 Å². The summed E-state index contributed by atoms with van der Waals surface area (Å²) < 4.78 is 5.03. The number of hydrogen-bond donors (Lipinski definition) is 0. The molecule has 0 spiro atoms. The maximum absolute atomic E-state index is 5.09. The molecule has 1 aliphatic heterocycles. The third-order valence-electron chi connectivity index (χ3n) is 10.8. The second-order valence-corrected chi connectivity index (χ2v) is 13.1. The van der Waals surface area contributed by atoms with Gasteiger partial charge in [-0.2, -0.15) is 0 Å². The Labute approximate surface area is 275 Å². The maximum atomic E-state index is 5.09. The summed E-state index contributed by atoms with van der Waals surface area (Å²) in [5.41, 5.74) is 17.0. The Morgan fingerprint density at radius 1 is 0.354 bits per heavy atom. The molecule has 0 saturated carbocycles. The highest BCUT2D eigenvalue weighted by Gasteiger charge is 2.30. The van der Waals surface area contributed by atoms with E-state index in [0.29, 0.717) is 0 Å². The lowest BCUT2D eigenvalue weighted by molar-refractivity contribution is 1.19. The van der Waals surface area contributed by atoms with E-state index in [1.165, 1.54) is 99.1 Å². The third kappa shape index (κ3) is 2.85. The topological polar surface area (TPSA) is 22.8 Å². The predicted octanol–water partition coefficient (Wildman–Crippen LogP) is 11.7. The first-order chi connectivity index (χ1) is 23.9. The molecule has 220 valence electrons. The van der Waals surface area contributed by atoms with Gasteiger partial charge in [0.15, 0.2) is 0 Å². The molecule has 3 heteroatoms. The molecule has 0 saturated heterocycles. The maximum Gasteiger partial charge on any atom is 0.0802 e. The first-order valence-electron chi connectivity index (χ1n) is 16.6. The van der Waals surface area contributed by atoms with Crippen LogP contribution in [0.25, 0.3) is 110 Å². The average molecular weight is 608 g/mol. The molecule has 0 amide bonds. The Hall–Kier alpha value is -6.45. The van der Waals surface area contributed by atoms with Crippen molar-refractivity contribution in [3.05, 3.63) is 152 Å². The summed E-state index contributed by atoms with van der Waals surface area (Å²) in [6.45, 7) is 0. The van der Waals surface area contributed by atoms with E-state index in [4.69, 9.17) is 4.98 Å². The van der Waals surface area contributed by atoms with E-state index in [-0.39, 0.29) is 0 Å². The predicted molar refractivity (Wildman–Crippen MR) is 199 cm³/mol. The number of benzene rings is 7. The van der Waals surface area contributed by atoms with Gasteiger partial charge in [0.1, 0.15) is 0 Å². The van der Waals surface area contributed by atoms with Crippen LogP contribution in [-0.2, 0) is 0 Å². The van der Waals surface area contributed by atoms with E-state index in [9.17, 15) is 0 Å². The summed E-state index contributed by atoms with van der Waals surface area (Å²) in [5, 5.41) is 7.59. The van der Waals surface area contributed by atoms with Crippen molar-refractivity contribution in [2.24, 2.45) is 0 Å². The highest BCUT2D eigenvalue weighted by molar-refractivity contribution is 6.30. The Balaban J connectivity index is 1.34. The van der Waals surface area contributed by atoms with Gasteiger partial charge in [-0.1, -0.05) is 109 Å². The van der Waals surface area contributed by atoms with Crippen molar-refractivity contribution in [1.82, 2.24) is 14.1 Å². The van der Waals surface area contributed by atoms with Gasteiger partial charge in [0, 0.05) is 49.8 Å². The van der Waals surface area contributed by atoms with Crippen LogP contribution in [0.15, 0.2) is 152 Å². The number of pyridine rings is 1. The van der Waals surface area contributed by atoms with Crippen LogP contribution in [0.5, 0.6) is 0 Å². The molecule has 0 N–H and O–H groups in total. The number of rotatable bonds is 1. The summed E-state index contributed by atoms with van der Waals surface area (Å²) in [7, 11) is 0. The molecule has 1 aliphatic carbocycles. The smallest absolute Gasteiger partial charge is 0.0802 e. The van der Waals surface area contributed by atoms with E-state index in [2.05, 4.69) is 155 Å². The van der Waals surface area contributed by atoms with Crippen LogP contribution in [0.1, 0.15) is 0 Å². The van der Waals surface area contributed by atoms with Crippen molar-refractivity contribution in [1.29, 1.82) is 0 Å². The van der Waals surface area contributed by atoms with Crippen LogP contribution >= 0.6 is 0 Å². The Bertz CT molecular complexity index is 3030. The highest BCUT2D eigenvalue weighted by Crippen LogP contribution is 2.52. The Morgan fingerprint density at radius 2 is 0.979 bits per heavy atom. The van der Waals surface area contributed by atoms with Crippen LogP contribution < -0.4 is 0 Å². The lowest BCUT2D eigenvalue weighted by atomic mass is 9.96. The zero-order valence-electron chi connectivity index (χ0n) is 25.8. The zero-order valence-corrected chi connectivity index (χ0v) is 25.8. The molecule has 3 nitrogen and oxygen atoms in total. The summed E-state index contributed by atoms with van der Waals surface area (Å²) >= 11 is 0. The van der Waals surface area contributed by atoms with Gasteiger partial charge in [-0.3, -0.25) is 4.98 Å².